The van der Waals surface area contributed by atoms with E-state index in [2.05, 4.69) is 0 Å². The number of carbonyl (C=O) groups excluding carboxylic acids is 2. The second-order valence-corrected chi connectivity index (χ2v) is 7.69. The van der Waals surface area contributed by atoms with Gasteiger partial charge in [-0.05, 0) is 44.2 Å². The number of carbonyl (C=O) groups is 2. The zero-order valence-electron chi connectivity index (χ0n) is 14.3. The highest BCUT2D eigenvalue weighted by Gasteiger charge is 2.25. The van der Waals surface area contributed by atoms with Crippen LogP contribution in [0.1, 0.15) is 24.2 Å². The van der Waals surface area contributed by atoms with E-state index in [4.69, 9.17) is 16.3 Å². The Morgan fingerprint density at radius 1 is 1.12 bits per heavy atom. The number of benzene rings is 2. The van der Waals surface area contributed by atoms with E-state index in [0.29, 0.717) is 5.69 Å². The number of halogens is 1. The van der Waals surface area contributed by atoms with Gasteiger partial charge in [-0.25, -0.2) is 13.2 Å². The van der Waals surface area contributed by atoms with E-state index in [1.54, 1.807) is 37.3 Å². The molecule has 2 rings (SSSR count). The average Bonchev–Trinajstić information content (AvgIpc) is 2.61. The predicted octanol–water partition coefficient (Wildman–Crippen LogP) is 3.30. The Morgan fingerprint density at radius 2 is 1.77 bits per heavy atom. The molecule has 0 saturated carbocycles. The Labute approximate surface area is 157 Å². The number of sulfonamides is 1. The summed E-state index contributed by atoms with van der Waals surface area (Å²) in [6.07, 6.45) is 0. The summed E-state index contributed by atoms with van der Waals surface area (Å²) in [6.45, 7) is 2.79. The van der Waals surface area contributed by atoms with Crippen LogP contribution in [-0.2, 0) is 19.6 Å². The lowest BCUT2D eigenvalue weighted by atomic mass is 10.2. The van der Waals surface area contributed by atoms with E-state index in [1.165, 1.54) is 23.4 Å². The van der Waals surface area contributed by atoms with Gasteiger partial charge in [0.15, 0.2) is 5.78 Å². The Bertz CT molecular complexity index is 912. The highest BCUT2D eigenvalue weighted by atomic mass is 35.5. The molecule has 0 fully saturated rings. The largest absolute Gasteiger partial charge is 0.454 e. The zero-order valence-corrected chi connectivity index (χ0v) is 15.9. The Morgan fingerprint density at radius 3 is 2.35 bits per heavy atom. The summed E-state index contributed by atoms with van der Waals surface area (Å²) in [6, 6.07) is 12.4. The first-order chi connectivity index (χ1) is 12.3. The standard InChI is InChI=1S/C18H18ClNO5S/c1-3-20(14-7-5-4-6-8-14)26(23,24)15-9-10-17(19)16(11-15)18(22)25-12-13(2)21/h4-11H,3,12H2,1-2H3. The number of rotatable bonds is 7. The maximum absolute atomic E-state index is 13.0. The molecular weight excluding hydrogens is 378 g/mol. The quantitative estimate of drug-likeness (QED) is 0.672. The number of anilines is 1. The van der Waals surface area contributed by atoms with Gasteiger partial charge >= 0.3 is 5.97 Å². The fraction of sp³-hybridized carbons (Fsp3) is 0.222. The molecule has 0 radical (unpaired) electrons. The molecule has 0 amide bonds. The summed E-state index contributed by atoms with van der Waals surface area (Å²) in [4.78, 5) is 23.0. The van der Waals surface area contributed by atoms with Crippen LogP contribution in [0.4, 0.5) is 5.69 Å². The number of hydrogen-bond donors (Lipinski definition) is 0. The van der Waals surface area contributed by atoms with Gasteiger partial charge in [-0.2, -0.15) is 0 Å². The van der Waals surface area contributed by atoms with Crippen LogP contribution >= 0.6 is 11.6 Å². The molecule has 0 atom stereocenters. The van der Waals surface area contributed by atoms with Gasteiger partial charge in [0.2, 0.25) is 0 Å². The smallest absolute Gasteiger partial charge is 0.340 e. The van der Waals surface area contributed by atoms with Crippen molar-refractivity contribution in [1.82, 2.24) is 0 Å². The van der Waals surface area contributed by atoms with E-state index >= 15 is 0 Å². The second kappa shape index (κ2) is 8.33. The predicted molar refractivity (Wildman–Crippen MR) is 99.1 cm³/mol. The van der Waals surface area contributed by atoms with Crippen molar-refractivity contribution in [3.8, 4) is 0 Å². The third-order valence-corrected chi connectivity index (χ3v) is 5.71. The number of ether oxygens (including phenoxy) is 1. The number of nitrogens with zero attached hydrogens (tertiary/aromatic N) is 1. The highest BCUT2D eigenvalue weighted by Crippen LogP contribution is 2.27. The summed E-state index contributed by atoms with van der Waals surface area (Å²) in [5, 5.41) is 0.0419. The minimum absolute atomic E-state index is 0.0419. The van der Waals surface area contributed by atoms with Crippen LogP contribution in [0.2, 0.25) is 5.02 Å². The first-order valence-electron chi connectivity index (χ1n) is 7.81. The fourth-order valence-electron chi connectivity index (χ4n) is 2.28. The van der Waals surface area contributed by atoms with Gasteiger partial charge in [-0.1, -0.05) is 29.8 Å². The van der Waals surface area contributed by atoms with Gasteiger partial charge in [0.25, 0.3) is 10.0 Å². The van der Waals surface area contributed by atoms with E-state index in [9.17, 15) is 18.0 Å². The van der Waals surface area contributed by atoms with Crippen LogP contribution < -0.4 is 4.31 Å². The van der Waals surface area contributed by atoms with Crippen LogP contribution in [0.3, 0.4) is 0 Å². The summed E-state index contributed by atoms with van der Waals surface area (Å²) in [5.41, 5.74) is 0.392. The molecule has 0 aliphatic carbocycles. The topological polar surface area (TPSA) is 80.8 Å². The number of Topliss-reactive ketones (excluding diaryl/α,β-unsaturated/α-hetero) is 1. The summed E-state index contributed by atoms with van der Waals surface area (Å²) in [7, 11) is -3.91. The molecule has 6 nitrogen and oxygen atoms in total. The molecule has 138 valence electrons. The second-order valence-electron chi connectivity index (χ2n) is 5.43. The van der Waals surface area contributed by atoms with Gasteiger partial charge in [-0.3, -0.25) is 9.10 Å². The molecule has 0 spiro atoms. The molecule has 0 aliphatic rings. The number of para-hydroxylation sites is 1. The molecule has 0 N–H and O–H groups in total. The molecule has 0 aliphatic heterocycles. The molecule has 2 aromatic rings. The van der Waals surface area contributed by atoms with Crippen LogP contribution in [0, 0.1) is 0 Å². The van der Waals surface area contributed by atoms with Gasteiger partial charge in [0.1, 0.15) is 6.61 Å². The van der Waals surface area contributed by atoms with Crippen molar-refractivity contribution in [2.45, 2.75) is 18.7 Å². The minimum atomic E-state index is -3.91. The van der Waals surface area contributed by atoms with Crippen molar-refractivity contribution >= 4 is 39.1 Å². The molecule has 0 unspecified atom stereocenters. The van der Waals surface area contributed by atoms with Crippen LogP contribution in [0.25, 0.3) is 0 Å². The van der Waals surface area contributed by atoms with E-state index in [1.807, 2.05) is 0 Å². The minimum Gasteiger partial charge on any atom is -0.454 e. The molecular formula is C18H18ClNO5S. The van der Waals surface area contributed by atoms with E-state index in [0.717, 1.165) is 6.07 Å². The fourth-order valence-corrected chi connectivity index (χ4v) is 3.97. The lowest BCUT2D eigenvalue weighted by Gasteiger charge is -2.23. The lowest BCUT2D eigenvalue weighted by molar-refractivity contribution is -0.120. The molecule has 26 heavy (non-hydrogen) atoms. The van der Waals surface area contributed by atoms with E-state index in [-0.39, 0.29) is 27.8 Å². The first-order valence-corrected chi connectivity index (χ1v) is 9.63. The van der Waals surface area contributed by atoms with Crippen molar-refractivity contribution in [3.63, 3.8) is 0 Å². The molecule has 0 aromatic heterocycles. The highest BCUT2D eigenvalue weighted by molar-refractivity contribution is 7.92. The van der Waals surface area contributed by atoms with Crippen molar-refractivity contribution in [1.29, 1.82) is 0 Å². The molecule has 0 saturated heterocycles. The third-order valence-electron chi connectivity index (χ3n) is 3.48. The number of esters is 1. The Balaban J connectivity index is 2.42. The average molecular weight is 396 g/mol. The van der Waals surface area contributed by atoms with Crippen LogP contribution in [0.5, 0.6) is 0 Å². The summed E-state index contributed by atoms with van der Waals surface area (Å²) < 4.78 is 32.0. The normalized spacial score (nSPS) is 11.0. The van der Waals surface area contributed by atoms with Gasteiger partial charge in [0.05, 0.1) is 21.2 Å². The van der Waals surface area contributed by atoms with Crippen molar-refractivity contribution < 1.29 is 22.7 Å². The first kappa shape index (κ1) is 19.9. The lowest BCUT2D eigenvalue weighted by Crippen LogP contribution is -2.30. The number of hydrogen-bond acceptors (Lipinski definition) is 5. The van der Waals surface area contributed by atoms with Gasteiger partial charge in [-0.15, -0.1) is 0 Å². The maximum Gasteiger partial charge on any atom is 0.340 e. The molecule has 2 aromatic carbocycles. The SMILES string of the molecule is CCN(c1ccccc1)S(=O)(=O)c1ccc(Cl)c(C(=O)OCC(C)=O)c1. The number of ketones is 1. The van der Waals surface area contributed by atoms with E-state index < -0.39 is 22.6 Å². The van der Waals surface area contributed by atoms with Gasteiger partial charge in [0, 0.05) is 6.54 Å². The van der Waals surface area contributed by atoms with Crippen LogP contribution in [0.15, 0.2) is 53.4 Å². The van der Waals surface area contributed by atoms with Crippen LogP contribution in [-0.4, -0.2) is 33.3 Å². The maximum atomic E-state index is 13.0. The van der Waals surface area contributed by atoms with Crippen molar-refractivity contribution in [2.24, 2.45) is 0 Å². The Hall–Kier alpha value is -2.38. The van der Waals surface area contributed by atoms with Gasteiger partial charge < -0.3 is 4.74 Å². The summed E-state index contributed by atoms with van der Waals surface area (Å²) >= 11 is 5.99. The molecule has 0 bridgehead atoms. The molecule has 0 heterocycles. The third kappa shape index (κ3) is 4.42. The van der Waals surface area contributed by atoms with Crippen molar-refractivity contribution in [3.05, 3.63) is 59.1 Å². The monoisotopic (exact) mass is 395 g/mol. The zero-order chi connectivity index (χ0) is 19.3. The summed E-state index contributed by atoms with van der Waals surface area (Å²) in [5.74, 6) is -1.19. The Kier molecular flexibility index (Phi) is 6.39. The molecule has 8 heteroatoms. The van der Waals surface area contributed by atoms with Crippen molar-refractivity contribution in [2.75, 3.05) is 17.5 Å².